The lowest BCUT2D eigenvalue weighted by Gasteiger charge is -2.35. The molecule has 3 heteroatoms. The third-order valence-electron chi connectivity index (χ3n) is 2.21. The van der Waals surface area contributed by atoms with E-state index >= 15 is 0 Å². The Morgan fingerprint density at radius 3 is 2.17 bits per heavy atom. The van der Waals surface area contributed by atoms with Crippen molar-refractivity contribution in [1.29, 1.82) is 0 Å². The van der Waals surface area contributed by atoms with Crippen LogP contribution in [0, 0.1) is 0 Å². The standard InChI is InChI=1S/C9H21NOSi/c1-9(2)7-6-8-10(9)11-12(3,4)5/h6-8H2,1-5H3. The van der Waals surface area contributed by atoms with Gasteiger partial charge in [0.2, 0.25) is 8.32 Å². The zero-order valence-electron chi connectivity index (χ0n) is 8.98. The highest BCUT2D eigenvalue weighted by Gasteiger charge is 2.35. The normalized spacial score (nSPS) is 24.8. The Kier molecular flexibility index (Phi) is 2.66. The third kappa shape index (κ3) is 2.57. The van der Waals surface area contributed by atoms with Gasteiger partial charge in [-0.3, -0.25) is 0 Å². The van der Waals surface area contributed by atoms with Crippen LogP contribution in [0.1, 0.15) is 26.7 Å². The molecule has 2 nitrogen and oxygen atoms in total. The molecule has 1 aliphatic heterocycles. The van der Waals surface area contributed by atoms with Gasteiger partial charge in [0.25, 0.3) is 0 Å². The maximum atomic E-state index is 5.99. The van der Waals surface area contributed by atoms with E-state index in [2.05, 4.69) is 38.6 Å². The van der Waals surface area contributed by atoms with Gasteiger partial charge in [-0.05, 0) is 46.3 Å². The summed E-state index contributed by atoms with van der Waals surface area (Å²) < 4.78 is 5.99. The summed E-state index contributed by atoms with van der Waals surface area (Å²) >= 11 is 0. The van der Waals surface area contributed by atoms with Crippen molar-refractivity contribution < 1.29 is 4.53 Å². The molecular weight excluding hydrogens is 166 g/mol. The van der Waals surface area contributed by atoms with Crippen molar-refractivity contribution in [3.8, 4) is 0 Å². The van der Waals surface area contributed by atoms with Crippen LogP contribution in [0.5, 0.6) is 0 Å². The summed E-state index contributed by atoms with van der Waals surface area (Å²) in [5.74, 6) is 0. The van der Waals surface area contributed by atoms with E-state index in [1.807, 2.05) is 0 Å². The Bertz CT molecular complexity index is 162. The van der Waals surface area contributed by atoms with Gasteiger partial charge in [-0.15, -0.1) is 0 Å². The van der Waals surface area contributed by atoms with E-state index in [9.17, 15) is 0 Å². The van der Waals surface area contributed by atoms with E-state index in [1.54, 1.807) is 0 Å². The molecule has 1 aliphatic rings. The minimum atomic E-state index is -1.39. The summed E-state index contributed by atoms with van der Waals surface area (Å²) in [6, 6.07) is 0. The van der Waals surface area contributed by atoms with Gasteiger partial charge in [0.05, 0.1) is 0 Å². The predicted octanol–water partition coefficient (Wildman–Crippen LogP) is 2.63. The second-order valence-corrected chi connectivity index (χ2v) is 9.63. The van der Waals surface area contributed by atoms with Crippen LogP contribution in [0.4, 0.5) is 0 Å². The van der Waals surface area contributed by atoms with E-state index < -0.39 is 8.32 Å². The maximum Gasteiger partial charge on any atom is 0.212 e. The van der Waals surface area contributed by atoms with Crippen molar-refractivity contribution in [3.05, 3.63) is 0 Å². The first-order valence-corrected chi connectivity index (χ1v) is 8.19. The molecule has 0 saturated carbocycles. The van der Waals surface area contributed by atoms with Crippen molar-refractivity contribution in [3.63, 3.8) is 0 Å². The fourth-order valence-electron chi connectivity index (χ4n) is 1.58. The Hall–Kier alpha value is 0.137. The van der Waals surface area contributed by atoms with Crippen LogP contribution in [0.25, 0.3) is 0 Å². The first kappa shape index (κ1) is 10.2. The summed E-state index contributed by atoms with van der Waals surface area (Å²) in [5, 5.41) is 2.19. The molecule has 12 heavy (non-hydrogen) atoms. The largest absolute Gasteiger partial charge is 0.343 e. The average Bonchev–Trinajstić information content (AvgIpc) is 2.07. The Morgan fingerprint density at radius 1 is 1.25 bits per heavy atom. The highest BCUT2D eigenvalue weighted by Crippen LogP contribution is 2.29. The quantitative estimate of drug-likeness (QED) is 0.616. The van der Waals surface area contributed by atoms with E-state index in [-0.39, 0.29) is 5.54 Å². The zero-order valence-corrected chi connectivity index (χ0v) is 9.98. The molecule has 0 aromatic carbocycles. The summed E-state index contributed by atoms with van der Waals surface area (Å²) in [5.41, 5.74) is 0.264. The number of nitrogens with zero attached hydrogens (tertiary/aromatic N) is 1. The summed E-state index contributed by atoms with van der Waals surface area (Å²) in [6.07, 6.45) is 2.54. The summed E-state index contributed by atoms with van der Waals surface area (Å²) in [6.45, 7) is 12.3. The molecule has 0 atom stereocenters. The van der Waals surface area contributed by atoms with Crippen LogP contribution in [0.15, 0.2) is 0 Å². The minimum absolute atomic E-state index is 0.264. The third-order valence-corrected chi connectivity index (χ3v) is 2.98. The van der Waals surface area contributed by atoms with Crippen LogP contribution < -0.4 is 0 Å². The van der Waals surface area contributed by atoms with Gasteiger partial charge in [0.1, 0.15) is 0 Å². The maximum absolute atomic E-state index is 5.99. The van der Waals surface area contributed by atoms with Gasteiger partial charge >= 0.3 is 0 Å². The number of hydrogen-bond donors (Lipinski definition) is 0. The first-order chi connectivity index (χ1) is 5.31. The van der Waals surface area contributed by atoms with Gasteiger partial charge < -0.3 is 4.53 Å². The molecule has 72 valence electrons. The van der Waals surface area contributed by atoms with Crippen molar-refractivity contribution >= 4 is 8.32 Å². The van der Waals surface area contributed by atoms with E-state index in [0.29, 0.717) is 0 Å². The lowest BCUT2D eigenvalue weighted by molar-refractivity contribution is -0.114. The number of hydrogen-bond acceptors (Lipinski definition) is 2. The molecule has 0 aromatic rings. The molecule has 0 aromatic heterocycles. The topological polar surface area (TPSA) is 12.5 Å². The smallest absolute Gasteiger partial charge is 0.212 e. The predicted molar refractivity (Wildman–Crippen MR) is 54.5 cm³/mol. The van der Waals surface area contributed by atoms with Crippen LogP contribution in [0.2, 0.25) is 19.6 Å². The van der Waals surface area contributed by atoms with Crippen LogP contribution in [-0.4, -0.2) is 25.5 Å². The molecule has 1 rings (SSSR count). The zero-order chi connectivity index (χ0) is 9.41. The second-order valence-electron chi connectivity index (χ2n) is 5.22. The molecular formula is C9H21NOSi. The number of rotatable bonds is 2. The molecule has 0 N–H and O–H groups in total. The fraction of sp³-hybridized carbons (Fsp3) is 1.00. The fourth-order valence-corrected chi connectivity index (χ4v) is 2.58. The lowest BCUT2D eigenvalue weighted by Crippen LogP contribution is -2.45. The molecule has 0 radical (unpaired) electrons. The second kappa shape index (κ2) is 3.12. The molecule has 0 unspecified atom stereocenters. The summed E-state index contributed by atoms with van der Waals surface area (Å²) in [4.78, 5) is 0. The molecule has 0 bridgehead atoms. The van der Waals surface area contributed by atoms with Gasteiger partial charge in [-0.25, -0.2) is 0 Å². The minimum Gasteiger partial charge on any atom is -0.343 e. The van der Waals surface area contributed by atoms with E-state index in [0.717, 1.165) is 6.54 Å². The van der Waals surface area contributed by atoms with Crippen LogP contribution >= 0.6 is 0 Å². The molecule has 1 heterocycles. The lowest BCUT2D eigenvalue weighted by atomic mass is 10.0. The Labute approximate surface area is 77.0 Å². The monoisotopic (exact) mass is 187 g/mol. The van der Waals surface area contributed by atoms with E-state index in [4.69, 9.17) is 4.53 Å². The van der Waals surface area contributed by atoms with Crippen LogP contribution in [0.3, 0.4) is 0 Å². The first-order valence-electron chi connectivity index (χ1n) is 4.78. The van der Waals surface area contributed by atoms with Gasteiger partial charge in [0.15, 0.2) is 0 Å². The molecule has 0 amide bonds. The SMILES string of the molecule is CC1(C)CCCN1O[Si](C)(C)C. The average molecular weight is 187 g/mol. The summed E-state index contributed by atoms with van der Waals surface area (Å²) in [7, 11) is -1.39. The van der Waals surface area contributed by atoms with Gasteiger partial charge in [-0.2, -0.15) is 5.06 Å². The molecule has 1 saturated heterocycles. The molecule has 0 spiro atoms. The van der Waals surface area contributed by atoms with Crippen LogP contribution in [-0.2, 0) is 4.53 Å². The highest BCUT2D eigenvalue weighted by atomic mass is 28.4. The number of hydroxylamine groups is 2. The Balaban J connectivity index is 2.53. The van der Waals surface area contributed by atoms with E-state index in [1.165, 1.54) is 12.8 Å². The van der Waals surface area contributed by atoms with Crippen molar-refractivity contribution in [2.24, 2.45) is 0 Å². The molecule has 0 aliphatic carbocycles. The van der Waals surface area contributed by atoms with Crippen molar-refractivity contribution in [1.82, 2.24) is 5.06 Å². The van der Waals surface area contributed by atoms with Crippen molar-refractivity contribution in [2.75, 3.05) is 6.54 Å². The Morgan fingerprint density at radius 2 is 1.83 bits per heavy atom. The highest BCUT2D eigenvalue weighted by molar-refractivity contribution is 6.69. The molecule has 1 fully saturated rings. The van der Waals surface area contributed by atoms with Gasteiger partial charge in [-0.1, -0.05) is 0 Å². The van der Waals surface area contributed by atoms with Gasteiger partial charge in [0, 0.05) is 12.1 Å². The van der Waals surface area contributed by atoms with Crippen molar-refractivity contribution in [2.45, 2.75) is 51.9 Å².